The highest BCUT2D eigenvalue weighted by atomic mass is 15.0. The number of rotatable bonds is 4. The van der Waals surface area contributed by atoms with Gasteiger partial charge in [0.2, 0.25) is 0 Å². The van der Waals surface area contributed by atoms with Crippen molar-refractivity contribution in [2.45, 2.75) is 19.3 Å². The van der Waals surface area contributed by atoms with Crippen LogP contribution in [0.3, 0.4) is 0 Å². The molecule has 1 atom stereocenters. The summed E-state index contributed by atoms with van der Waals surface area (Å²) < 4.78 is 0. The minimum absolute atomic E-state index is 0.0906. The van der Waals surface area contributed by atoms with E-state index in [1.165, 1.54) is 11.1 Å². The molecule has 2 rings (SSSR count). The Hall–Kier alpha value is -2.29. The molecule has 0 bridgehead atoms. The van der Waals surface area contributed by atoms with Crippen LogP contribution >= 0.6 is 0 Å². The normalized spacial score (nSPS) is 11.8. The van der Waals surface area contributed by atoms with Crippen molar-refractivity contribution in [1.29, 1.82) is 0 Å². The van der Waals surface area contributed by atoms with Gasteiger partial charge in [0.15, 0.2) is 5.96 Å². The van der Waals surface area contributed by atoms with Gasteiger partial charge < -0.3 is 11.5 Å². The molecule has 0 fully saturated rings. The minimum atomic E-state index is 0.0906. The Balaban J connectivity index is 2.15. The van der Waals surface area contributed by atoms with Crippen molar-refractivity contribution in [3.05, 3.63) is 65.7 Å². The number of guanidine groups is 1. The molecule has 0 aliphatic rings. The summed E-state index contributed by atoms with van der Waals surface area (Å²) in [5, 5.41) is 0. The molecule has 0 spiro atoms. The molecule has 0 saturated carbocycles. The molecule has 3 nitrogen and oxygen atoms in total. The van der Waals surface area contributed by atoms with Crippen molar-refractivity contribution < 1.29 is 0 Å². The van der Waals surface area contributed by atoms with Crippen molar-refractivity contribution in [2.24, 2.45) is 16.5 Å². The number of nitrogens with two attached hydrogens (primary N) is 2. The lowest BCUT2D eigenvalue weighted by atomic mass is 9.93. The number of hydrogen-bond acceptors (Lipinski definition) is 1. The van der Waals surface area contributed by atoms with Crippen LogP contribution in [-0.4, -0.2) is 5.96 Å². The molecule has 19 heavy (non-hydrogen) atoms. The smallest absolute Gasteiger partial charge is 0.191 e. The number of aliphatic imine (C=N–C) groups is 1. The molecule has 98 valence electrons. The second kappa shape index (κ2) is 6.05. The molecule has 0 aliphatic carbocycles. The lowest BCUT2D eigenvalue weighted by Crippen LogP contribution is -2.21. The number of nitrogens with zero attached hydrogens (tertiary/aromatic N) is 1. The van der Waals surface area contributed by atoms with E-state index in [0.717, 1.165) is 12.1 Å². The van der Waals surface area contributed by atoms with Crippen molar-refractivity contribution >= 4 is 11.6 Å². The van der Waals surface area contributed by atoms with E-state index in [2.05, 4.69) is 42.2 Å². The average molecular weight is 253 g/mol. The van der Waals surface area contributed by atoms with Gasteiger partial charge in [-0.25, -0.2) is 4.99 Å². The molecule has 0 amide bonds. The molecule has 2 aromatic rings. The molecule has 4 N–H and O–H groups in total. The standard InChI is InChI=1S/C16H19N3/c1-12(10-13-6-3-2-4-7-13)14-8-5-9-15(11-14)19-16(17)18/h2-9,11-12H,10H2,1H3,(H4,17,18,19). The summed E-state index contributed by atoms with van der Waals surface area (Å²) in [6.45, 7) is 2.21. The van der Waals surface area contributed by atoms with Crippen LogP contribution in [0.5, 0.6) is 0 Å². The molecule has 1 unspecified atom stereocenters. The zero-order valence-electron chi connectivity index (χ0n) is 11.1. The van der Waals surface area contributed by atoms with Crippen molar-refractivity contribution in [2.75, 3.05) is 0 Å². The van der Waals surface area contributed by atoms with Gasteiger partial charge in [-0.3, -0.25) is 0 Å². The van der Waals surface area contributed by atoms with Crippen LogP contribution in [-0.2, 0) is 6.42 Å². The fourth-order valence-electron chi connectivity index (χ4n) is 2.14. The topological polar surface area (TPSA) is 64.4 Å². The molecule has 0 saturated heterocycles. The van der Waals surface area contributed by atoms with Crippen molar-refractivity contribution in [1.82, 2.24) is 0 Å². The SMILES string of the molecule is CC(Cc1ccccc1)c1cccc(N=C(N)N)c1. The molecule has 3 heteroatoms. The first-order chi connectivity index (χ1) is 9.15. The lowest BCUT2D eigenvalue weighted by molar-refractivity contribution is 0.759. The van der Waals surface area contributed by atoms with Crippen LogP contribution in [0.25, 0.3) is 0 Å². The van der Waals surface area contributed by atoms with Crippen LogP contribution < -0.4 is 11.5 Å². The Morgan fingerprint density at radius 1 is 1.05 bits per heavy atom. The van der Waals surface area contributed by atoms with E-state index in [1.54, 1.807) is 0 Å². The van der Waals surface area contributed by atoms with Gasteiger partial charge in [-0.1, -0.05) is 49.4 Å². The van der Waals surface area contributed by atoms with Crippen LogP contribution in [0.4, 0.5) is 5.69 Å². The maximum Gasteiger partial charge on any atom is 0.191 e. The van der Waals surface area contributed by atoms with Gasteiger partial charge in [-0.2, -0.15) is 0 Å². The highest BCUT2D eigenvalue weighted by molar-refractivity contribution is 5.79. The highest BCUT2D eigenvalue weighted by Crippen LogP contribution is 2.24. The molecule has 0 aromatic heterocycles. The molecule has 0 heterocycles. The molecular formula is C16H19N3. The van der Waals surface area contributed by atoms with Gasteiger partial charge in [-0.15, -0.1) is 0 Å². The Morgan fingerprint density at radius 2 is 1.79 bits per heavy atom. The van der Waals surface area contributed by atoms with E-state index in [9.17, 15) is 0 Å². The monoisotopic (exact) mass is 253 g/mol. The van der Waals surface area contributed by atoms with Gasteiger partial charge in [0, 0.05) is 0 Å². The zero-order valence-corrected chi connectivity index (χ0v) is 11.1. The summed E-state index contributed by atoms with van der Waals surface area (Å²) in [7, 11) is 0. The minimum Gasteiger partial charge on any atom is -0.370 e. The van der Waals surface area contributed by atoms with Crippen LogP contribution in [0.2, 0.25) is 0 Å². The zero-order chi connectivity index (χ0) is 13.7. The Labute approximate surface area is 114 Å². The summed E-state index contributed by atoms with van der Waals surface area (Å²) in [4.78, 5) is 4.08. The fourth-order valence-corrected chi connectivity index (χ4v) is 2.14. The first kappa shape index (κ1) is 13.1. The quantitative estimate of drug-likeness (QED) is 0.650. The van der Waals surface area contributed by atoms with Crippen LogP contribution in [0.1, 0.15) is 24.0 Å². The summed E-state index contributed by atoms with van der Waals surface area (Å²) in [5.74, 6) is 0.518. The largest absolute Gasteiger partial charge is 0.370 e. The molecule has 2 aromatic carbocycles. The Bertz CT molecular complexity index is 557. The molecule has 0 radical (unpaired) electrons. The second-order valence-electron chi connectivity index (χ2n) is 4.72. The molecule has 0 aliphatic heterocycles. The van der Waals surface area contributed by atoms with E-state index >= 15 is 0 Å². The first-order valence-electron chi connectivity index (χ1n) is 6.38. The predicted octanol–water partition coefficient (Wildman–Crippen LogP) is 2.94. The van der Waals surface area contributed by atoms with Crippen molar-refractivity contribution in [3.8, 4) is 0 Å². The van der Waals surface area contributed by atoms with Gasteiger partial charge in [0.1, 0.15) is 0 Å². The predicted molar refractivity (Wildman–Crippen MR) is 80.5 cm³/mol. The lowest BCUT2D eigenvalue weighted by Gasteiger charge is -2.12. The maximum absolute atomic E-state index is 5.40. The van der Waals surface area contributed by atoms with Crippen LogP contribution in [0, 0.1) is 0 Å². The van der Waals surface area contributed by atoms with E-state index < -0.39 is 0 Å². The van der Waals surface area contributed by atoms with E-state index in [0.29, 0.717) is 5.92 Å². The number of benzene rings is 2. The first-order valence-corrected chi connectivity index (χ1v) is 6.38. The maximum atomic E-state index is 5.40. The van der Waals surface area contributed by atoms with Gasteiger partial charge in [-0.05, 0) is 35.6 Å². The fraction of sp³-hybridized carbons (Fsp3) is 0.188. The third-order valence-electron chi connectivity index (χ3n) is 3.08. The molecular weight excluding hydrogens is 234 g/mol. The van der Waals surface area contributed by atoms with Gasteiger partial charge in [0.25, 0.3) is 0 Å². The summed E-state index contributed by atoms with van der Waals surface area (Å²) >= 11 is 0. The Kier molecular flexibility index (Phi) is 4.18. The third kappa shape index (κ3) is 3.85. The van der Waals surface area contributed by atoms with Gasteiger partial charge >= 0.3 is 0 Å². The number of hydrogen-bond donors (Lipinski definition) is 2. The van der Waals surface area contributed by atoms with E-state index in [4.69, 9.17) is 11.5 Å². The summed E-state index contributed by atoms with van der Waals surface area (Å²) in [5.41, 5.74) is 14.2. The Morgan fingerprint density at radius 3 is 2.47 bits per heavy atom. The summed E-state index contributed by atoms with van der Waals surface area (Å²) in [6.07, 6.45) is 1.01. The van der Waals surface area contributed by atoms with E-state index in [-0.39, 0.29) is 5.96 Å². The highest BCUT2D eigenvalue weighted by Gasteiger charge is 2.07. The van der Waals surface area contributed by atoms with Gasteiger partial charge in [0.05, 0.1) is 5.69 Å². The van der Waals surface area contributed by atoms with Crippen LogP contribution in [0.15, 0.2) is 59.6 Å². The van der Waals surface area contributed by atoms with E-state index in [1.807, 2.05) is 24.3 Å². The second-order valence-corrected chi connectivity index (χ2v) is 4.72. The summed E-state index contributed by atoms with van der Waals surface area (Å²) in [6, 6.07) is 18.5. The third-order valence-corrected chi connectivity index (χ3v) is 3.08. The van der Waals surface area contributed by atoms with Crippen molar-refractivity contribution in [3.63, 3.8) is 0 Å². The average Bonchev–Trinajstić information content (AvgIpc) is 2.39.